The molecule has 142 valence electrons. The van der Waals surface area contributed by atoms with E-state index in [0.29, 0.717) is 12.1 Å². The topological polar surface area (TPSA) is 99.1 Å². The van der Waals surface area contributed by atoms with E-state index in [1.807, 2.05) is 4.72 Å². The van der Waals surface area contributed by atoms with Crippen molar-refractivity contribution in [2.24, 2.45) is 0 Å². The van der Waals surface area contributed by atoms with Crippen molar-refractivity contribution in [1.29, 1.82) is 5.26 Å². The van der Waals surface area contributed by atoms with Crippen LogP contribution in [0.1, 0.15) is 36.2 Å². The van der Waals surface area contributed by atoms with Crippen LogP contribution in [0.4, 0.5) is 18.9 Å². The van der Waals surface area contributed by atoms with Crippen LogP contribution in [-0.4, -0.2) is 26.1 Å². The number of carbonyl (C=O) groups excluding carboxylic acids is 1. The quantitative estimate of drug-likeness (QED) is 0.700. The highest BCUT2D eigenvalue weighted by molar-refractivity contribution is 7.93. The van der Waals surface area contributed by atoms with Crippen molar-refractivity contribution in [3.05, 3.63) is 41.5 Å². The maximum Gasteiger partial charge on any atom is 0.416 e. The fraction of sp³-hybridized carbons (Fsp3) is 0.375. The zero-order valence-electron chi connectivity index (χ0n) is 14.1. The Morgan fingerprint density at radius 3 is 2.46 bits per heavy atom. The second-order valence-corrected chi connectivity index (χ2v) is 7.91. The third-order valence-corrected chi connectivity index (χ3v) is 5.08. The molecule has 0 aliphatic heterocycles. The van der Waals surface area contributed by atoms with Crippen molar-refractivity contribution < 1.29 is 26.4 Å². The highest BCUT2D eigenvalue weighted by Gasteiger charge is 2.32. The summed E-state index contributed by atoms with van der Waals surface area (Å²) in [4.78, 5) is 12.2. The maximum atomic E-state index is 12.9. The van der Waals surface area contributed by atoms with Crippen LogP contribution in [0.25, 0.3) is 0 Å². The molecule has 0 heterocycles. The van der Waals surface area contributed by atoms with Crippen molar-refractivity contribution in [2.45, 2.75) is 31.7 Å². The van der Waals surface area contributed by atoms with Crippen LogP contribution in [0.2, 0.25) is 0 Å². The van der Waals surface area contributed by atoms with Crippen LogP contribution >= 0.6 is 0 Å². The van der Waals surface area contributed by atoms with Gasteiger partial charge in [-0.15, -0.1) is 0 Å². The van der Waals surface area contributed by atoms with Crippen LogP contribution in [-0.2, 0) is 16.2 Å². The molecule has 1 aromatic carbocycles. The van der Waals surface area contributed by atoms with Gasteiger partial charge in [-0.3, -0.25) is 9.52 Å². The number of nitrogens with one attached hydrogen (secondary N) is 2. The van der Waals surface area contributed by atoms with Crippen molar-refractivity contribution >= 4 is 21.6 Å². The normalized spacial score (nSPS) is 11.7. The molecule has 1 amide bonds. The number of alkyl halides is 3. The molecule has 0 fully saturated rings. The number of benzene rings is 1. The molecule has 1 rings (SSSR count). The lowest BCUT2D eigenvalue weighted by atomic mass is 10.1. The van der Waals surface area contributed by atoms with Gasteiger partial charge in [0, 0.05) is 12.1 Å². The summed E-state index contributed by atoms with van der Waals surface area (Å²) in [5, 5.41) is 10.1. The van der Waals surface area contributed by atoms with Crippen LogP contribution in [0, 0.1) is 11.3 Å². The number of sulfonamides is 1. The summed E-state index contributed by atoms with van der Waals surface area (Å²) in [7, 11) is -3.96. The zero-order chi connectivity index (χ0) is 20.1. The molecule has 0 aromatic heterocycles. The first kappa shape index (κ1) is 21.5. The lowest BCUT2D eigenvalue weighted by Gasteiger charge is -2.16. The maximum absolute atomic E-state index is 12.9. The standard InChI is InChI=1S/C16H18F3N3O3S/c1-10(2)26(24,25)22-14-8-12(16(17,18)19)4-5-13(14)15(23)21-7-6-11(3)9-20/h4-5,8,10,22H,3,6-7H2,1-2H3,(H,21,23). The Balaban J connectivity index is 3.19. The van der Waals surface area contributed by atoms with Crippen LogP contribution in [0.15, 0.2) is 30.4 Å². The number of amides is 1. The SMILES string of the molecule is C=C(C#N)CCNC(=O)c1ccc(C(F)(F)F)cc1NS(=O)(=O)C(C)C. The summed E-state index contributed by atoms with van der Waals surface area (Å²) in [6.45, 7) is 6.17. The Kier molecular flexibility index (Phi) is 6.80. The van der Waals surface area contributed by atoms with Gasteiger partial charge in [0.1, 0.15) is 0 Å². The van der Waals surface area contributed by atoms with Crippen molar-refractivity contribution in [3.63, 3.8) is 0 Å². The predicted octanol–water partition coefficient (Wildman–Crippen LogP) is 3.06. The number of hydrogen-bond donors (Lipinski definition) is 2. The van der Waals surface area contributed by atoms with Crippen molar-refractivity contribution in [3.8, 4) is 6.07 Å². The molecule has 6 nitrogen and oxygen atoms in total. The van der Waals surface area contributed by atoms with Gasteiger partial charge in [0.05, 0.1) is 28.1 Å². The highest BCUT2D eigenvalue weighted by atomic mass is 32.2. The van der Waals surface area contributed by atoms with Crippen LogP contribution in [0.5, 0.6) is 0 Å². The molecule has 0 radical (unpaired) electrons. The molecule has 2 N–H and O–H groups in total. The second-order valence-electron chi connectivity index (χ2n) is 5.68. The number of anilines is 1. The van der Waals surface area contributed by atoms with E-state index in [1.54, 1.807) is 6.07 Å². The number of nitrogens with zero attached hydrogens (tertiary/aromatic N) is 1. The minimum atomic E-state index is -4.70. The smallest absolute Gasteiger partial charge is 0.352 e. The molecule has 1 aromatic rings. The monoisotopic (exact) mass is 389 g/mol. The summed E-state index contributed by atoms with van der Waals surface area (Å²) < 4.78 is 64.8. The summed E-state index contributed by atoms with van der Waals surface area (Å²) >= 11 is 0. The van der Waals surface area contributed by atoms with E-state index in [4.69, 9.17) is 5.26 Å². The average molecular weight is 389 g/mol. The van der Waals surface area contributed by atoms with Gasteiger partial charge >= 0.3 is 6.18 Å². The van der Waals surface area contributed by atoms with Gasteiger partial charge in [0.15, 0.2) is 0 Å². The molecule has 0 spiro atoms. The molecule has 0 aliphatic carbocycles. The van der Waals surface area contributed by atoms with E-state index < -0.39 is 38.6 Å². The third-order valence-electron chi connectivity index (χ3n) is 3.33. The number of halogens is 3. The van der Waals surface area contributed by atoms with Crippen molar-refractivity contribution in [1.82, 2.24) is 5.32 Å². The number of nitriles is 1. The largest absolute Gasteiger partial charge is 0.416 e. The molecule has 0 saturated carbocycles. The van der Waals surface area contributed by atoms with E-state index in [2.05, 4.69) is 11.9 Å². The molecule has 26 heavy (non-hydrogen) atoms. The molecule has 0 saturated heterocycles. The van der Waals surface area contributed by atoms with Gasteiger partial charge in [-0.1, -0.05) is 6.58 Å². The summed E-state index contributed by atoms with van der Waals surface area (Å²) in [6, 6.07) is 3.96. The lowest BCUT2D eigenvalue weighted by Crippen LogP contribution is -2.28. The number of carbonyl (C=O) groups is 1. The Morgan fingerprint density at radius 2 is 1.96 bits per heavy atom. The van der Waals surface area contributed by atoms with E-state index in [-0.39, 0.29) is 24.1 Å². The van der Waals surface area contributed by atoms with Gasteiger partial charge in [0.2, 0.25) is 10.0 Å². The number of hydrogen-bond acceptors (Lipinski definition) is 4. The lowest BCUT2D eigenvalue weighted by molar-refractivity contribution is -0.137. The van der Waals surface area contributed by atoms with E-state index in [0.717, 1.165) is 6.07 Å². The minimum Gasteiger partial charge on any atom is -0.352 e. The zero-order valence-corrected chi connectivity index (χ0v) is 15.0. The second kappa shape index (κ2) is 8.23. The molecular formula is C16H18F3N3O3S. The average Bonchev–Trinajstić information content (AvgIpc) is 2.53. The molecule has 0 unspecified atom stereocenters. The Labute approximate surface area is 149 Å². The summed E-state index contributed by atoms with van der Waals surface area (Å²) in [6.07, 6.45) is -4.53. The fourth-order valence-electron chi connectivity index (χ4n) is 1.75. The minimum absolute atomic E-state index is 0.0304. The first-order valence-electron chi connectivity index (χ1n) is 7.47. The summed E-state index contributed by atoms with van der Waals surface area (Å²) in [5.41, 5.74) is -1.60. The van der Waals surface area contributed by atoms with Gasteiger partial charge in [0.25, 0.3) is 5.91 Å². The van der Waals surface area contributed by atoms with Gasteiger partial charge in [-0.25, -0.2) is 8.42 Å². The van der Waals surface area contributed by atoms with Gasteiger partial charge in [-0.2, -0.15) is 18.4 Å². The molecule has 0 atom stereocenters. The molecule has 0 bridgehead atoms. The summed E-state index contributed by atoms with van der Waals surface area (Å²) in [5.74, 6) is -0.772. The van der Waals surface area contributed by atoms with Gasteiger partial charge in [-0.05, 0) is 38.5 Å². The molecule has 10 heteroatoms. The van der Waals surface area contributed by atoms with E-state index in [9.17, 15) is 26.4 Å². The van der Waals surface area contributed by atoms with Gasteiger partial charge < -0.3 is 5.32 Å². The molecule has 0 aliphatic rings. The molecular weight excluding hydrogens is 371 g/mol. The van der Waals surface area contributed by atoms with Crippen LogP contribution < -0.4 is 10.0 Å². The Bertz CT molecular complexity index is 841. The highest BCUT2D eigenvalue weighted by Crippen LogP contribution is 2.32. The van der Waals surface area contributed by atoms with E-state index in [1.165, 1.54) is 13.8 Å². The Morgan fingerprint density at radius 1 is 1.35 bits per heavy atom. The number of rotatable bonds is 7. The predicted molar refractivity (Wildman–Crippen MR) is 90.8 cm³/mol. The van der Waals surface area contributed by atoms with Crippen molar-refractivity contribution in [2.75, 3.05) is 11.3 Å². The van der Waals surface area contributed by atoms with E-state index >= 15 is 0 Å². The Hall–Kier alpha value is -2.54. The third kappa shape index (κ3) is 5.77. The first-order valence-corrected chi connectivity index (χ1v) is 9.02. The first-order chi connectivity index (χ1) is 11.9. The van der Waals surface area contributed by atoms with Crippen LogP contribution in [0.3, 0.4) is 0 Å². The fourth-order valence-corrected chi connectivity index (χ4v) is 2.46.